The molecule has 124 valence electrons. The summed E-state index contributed by atoms with van der Waals surface area (Å²) in [6.45, 7) is -0.548. The molecule has 0 heterocycles. The van der Waals surface area contributed by atoms with Crippen LogP contribution in [0.4, 0.5) is 10.1 Å². The van der Waals surface area contributed by atoms with Gasteiger partial charge in [0.25, 0.3) is 5.91 Å². The lowest BCUT2D eigenvalue weighted by Gasteiger charge is -2.06. The number of esters is 1. The van der Waals surface area contributed by atoms with Crippen LogP contribution in [0.3, 0.4) is 0 Å². The van der Waals surface area contributed by atoms with Gasteiger partial charge >= 0.3 is 5.97 Å². The molecule has 1 amide bonds. The van der Waals surface area contributed by atoms with Crippen molar-refractivity contribution in [3.05, 3.63) is 70.0 Å². The zero-order valence-electron chi connectivity index (χ0n) is 12.3. The van der Waals surface area contributed by atoms with Gasteiger partial charge in [-0.05, 0) is 30.3 Å². The van der Waals surface area contributed by atoms with Crippen molar-refractivity contribution >= 4 is 46.8 Å². The quantitative estimate of drug-likeness (QED) is 0.632. The van der Waals surface area contributed by atoms with Crippen molar-refractivity contribution in [3.63, 3.8) is 0 Å². The SMILES string of the molecule is O=C(COC(=O)/C=C/c1c(Cl)cccc1Cl)Nc1ccccc1F. The average Bonchev–Trinajstić information content (AvgIpc) is 2.54. The van der Waals surface area contributed by atoms with Crippen LogP contribution >= 0.6 is 23.2 Å². The molecular formula is C17H12Cl2FNO3. The summed E-state index contributed by atoms with van der Waals surface area (Å²) in [5, 5.41) is 3.06. The summed E-state index contributed by atoms with van der Waals surface area (Å²) in [5.41, 5.74) is 0.477. The molecule has 2 aromatic rings. The van der Waals surface area contributed by atoms with Gasteiger partial charge in [-0.15, -0.1) is 0 Å². The maximum absolute atomic E-state index is 13.4. The molecule has 0 unspecified atom stereocenters. The summed E-state index contributed by atoms with van der Waals surface area (Å²) >= 11 is 11.9. The highest BCUT2D eigenvalue weighted by Crippen LogP contribution is 2.25. The zero-order valence-corrected chi connectivity index (χ0v) is 13.8. The number of hydrogen-bond acceptors (Lipinski definition) is 3. The highest BCUT2D eigenvalue weighted by atomic mass is 35.5. The highest BCUT2D eigenvalue weighted by molar-refractivity contribution is 6.37. The van der Waals surface area contributed by atoms with E-state index in [2.05, 4.69) is 5.32 Å². The van der Waals surface area contributed by atoms with Gasteiger partial charge in [0.15, 0.2) is 6.61 Å². The summed E-state index contributed by atoms with van der Waals surface area (Å²) in [7, 11) is 0. The smallest absolute Gasteiger partial charge is 0.331 e. The molecule has 0 aromatic heterocycles. The van der Waals surface area contributed by atoms with Crippen LogP contribution in [0.1, 0.15) is 5.56 Å². The number of anilines is 1. The third-order valence-electron chi connectivity index (χ3n) is 2.88. The fraction of sp³-hybridized carbons (Fsp3) is 0.0588. The predicted molar refractivity (Wildman–Crippen MR) is 91.5 cm³/mol. The van der Waals surface area contributed by atoms with Gasteiger partial charge in [-0.3, -0.25) is 4.79 Å². The second kappa shape index (κ2) is 8.47. The van der Waals surface area contributed by atoms with E-state index in [1.807, 2.05) is 0 Å². The second-order valence-electron chi connectivity index (χ2n) is 4.60. The first-order chi connectivity index (χ1) is 11.5. The molecular weight excluding hydrogens is 356 g/mol. The largest absolute Gasteiger partial charge is 0.452 e. The van der Waals surface area contributed by atoms with Crippen molar-refractivity contribution in [3.8, 4) is 0 Å². The van der Waals surface area contributed by atoms with Crippen LogP contribution in [0, 0.1) is 5.82 Å². The molecule has 0 aliphatic rings. The third-order valence-corrected chi connectivity index (χ3v) is 3.54. The van der Waals surface area contributed by atoms with E-state index in [-0.39, 0.29) is 5.69 Å². The molecule has 0 radical (unpaired) electrons. The van der Waals surface area contributed by atoms with E-state index in [0.29, 0.717) is 15.6 Å². The summed E-state index contributed by atoms with van der Waals surface area (Å²) in [6, 6.07) is 10.6. The van der Waals surface area contributed by atoms with E-state index in [4.69, 9.17) is 27.9 Å². The van der Waals surface area contributed by atoms with Gasteiger partial charge in [-0.25, -0.2) is 9.18 Å². The van der Waals surface area contributed by atoms with Crippen molar-refractivity contribution in [2.24, 2.45) is 0 Å². The first-order valence-corrected chi connectivity index (χ1v) is 7.56. The maximum atomic E-state index is 13.4. The van der Waals surface area contributed by atoms with Crippen molar-refractivity contribution in [2.75, 3.05) is 11.9 Å². The Bertz CT molecular complexity index is 773. The minimum Gasteiger partial charge on any atom is -0.452 e. The molecule has 7 heteroatoms. The number of hydrogen-bond donors (Lipinski definition) is 1. The molecule has 24 heavy (non-hydrogen) atoms. The summed E-state index contributed by atoms with van der Waals surface area (Å²) in [4.78, 5) is 23.2. The summed E-state index contributed by atoms with van der Waals surface area (Å²) in [6.07, 6.45) is 2.49. The van der Waals surface area contributed by atoms with Crippen molar-refractivity contribution in [2.45, 2.75) is 0 Å². The molecule has 0 aliphatic heterocycles. The van der Waals surface area contributed by atoms with E-state index >= 15 is 0 Å². The molecule has 0 bridgehead atoms. The molecule has 0 aliphatic carbocycles. The van der Waals surface area contributed by atoms with E-state index in [1.54, 1.807) is 24.3 Å². The minimum absolute atomic E-state index is 0.0111. The number of amides is 1. The molecule has 0 saturated heterocycles. The van der Waals surface area contributed by atoms with Gasteiger partial charge in [0.2, 0.25) is 0 Å². The van der Waals surface area contributed by atoms with Gasteiger partial charge < -0.3 is 10.1 Å². The van der Waals surface area contributed by atoms with Crippen molar-refractivity contribution in [1.29, 1.82) is 0 Å². The third kappa shape index (κ3) is 5.08. The fourth-order valence-electron chi connectivity index (χ4n) is 1.75. The number of halogens is 3. The Hall–Kier alpha value is -2.37. The maximum Gasteiger partial charge on any atom is 0.331 e. The second-order valence-corrected chi connectivity index (χ2v) is 5.42. The average molecular weight is 368 g/mol. The number of carbonyl (C=O) groups is 2. The molecule has 4 nitrogen and oxygen atoms in total. The molecule has 0 atom stereocenters. The standard InChI is InChI=1S/C17H12Cl2FNO3/c18-12-4-3-5-13(19)11(12)8-9-17(23)24-10-16(22)21-15-7-2-1-6-14(15)20/h1-9H,10H2,(H,21,22)/b9-8+. The van der Waals surface area contributed by atoms with Crippen molar-refractivity contribution < 1.29 is 18.7 Å². The van der Waals surface area contributed by atoms with Gasteiger partial charge in [0, 0.05) is 21.7 Å². The van der Waals surface area contributed by atoms with Crippen LogP contribution < -0.4 is 5.32 Å². The van der Waals surface area contributed by atoms with Crippen LogP contribution in [0.25, 0.3) is 6.08 Å². The molecule has 0 fully saturated rings. The van der Waals surface area contributed by atoms with Gasteiger partial charge in [-0.1, -0.05) is 41.4 Å². The first kappa shape index (κ1) is 18.0. The zero-order chi connectivity index (χ0) is 17.5. The Balaban J connectivity index is 1.88. The number of nitrogens with one attached hydrogen (secondary N) is 1. The minimum atomic E-state index is -0.755. The van der Waals surface area contributed by atoms with Crippen molar-refractivity contribution in [1.82, 2.24) is 0 Å². The Morgan fingerprint density at radius 2 is 1.75 bits per heavy atom. The summed E-state index contributed by atoms with van der Waals surface area (Å²) in [5.74, 6) is -1.99. The van der Waals surface area contributed by atoms with Gasteiger partial charge in [-0.2, -0.15) is 0 Å². The molecule has 0 saturated carbocycles. The van der Waals surface area contributed by atoms with E-state index in [9.17, 15) is 14.0 Å². The number of rotatable bonds is 5. The molecule has 0 spiro atoms. The van der Waals surface area contributed by atoms with E-state index in [0.717, 1.165) is 6.08 Å². The lowest BCUT2D eigenvalue weighted by atomic mass is 10.2. The number of carbonyl (C=O) groups excluding carboxylic acids is 2. The number of ether oxygens (including phenoxy) is 1. The Kier molecular flexibility index (Phi) is 6.35. The molecule has 2 aromatic carbocycles. The van der Waals surface area contributed by atoms with Gasteiger partial charge in [0.1, 0.15) is 5.82 Å². The van der Waals surface area contributed by atoms with Crippen LogP contribution in [0.15, 0.2) is 48.5 Å². The van der Waals surface area contributed by atoms with E-state index < -0.39 is 24.3 Å². The van der Waals surface area contributed by atoms with Crippen LogP contribution in [-0.4, -0.2) is 18.5 Å². The first-order valence-electron chi connectivity index (χ1n) is 6.80. The lowest BCUT2D eigenvalue weighted by molar-refractivity contribution is -0.142. The molecule has 2 rings (SSSR count). The lowest BCUT2D eigenvalue weighted by Crippen LogP contribution is -2.20. The Labute approximate surface area is 147 Å². The highest BCUT2D eigenvalue weighted by Gasteiger charge is 2.09. The van der Waals surface area contributed by atoms with Gasteiger partial charge in [0.05, 0.1) is 5.69 Å². The summed E-state index contributed by atoms with van der Waals surface area (Å²) < 4.78 is 18.1. The molecule has 1 N–H and O–H groups in total. The van der Waals surface area contributed by atoms with Crippen LogP contribution in [0.2, 0.25) is 10.0 Å². The fourth-order valence-corrected chi connectivity index (χ4v) is 2.28. The predicted octanol–water partition coefficient (Wildman–Crippen LogP) is 4.33. The van der Waals surface area contributed by atoms with E-state index in [1.165, 1.54) is 24.3 Å². The monoisotopic (exact) mass is 367 g/mol. The Morgan fingerprint density at radius 3 is 2.42 bits per heavy atom. The number of benzene rings is 2. The van der Waals surface area contributed by atoms with Crippen LogP contribution in [0.5, 0.6) is 0 Å². The Morgan fingerprint density at radius 1 is 1.08 bits per heavy atom. The normalized spacial score (nSPS) is 10.6. The van der Waals surface area contributed by atoms with Crippen LogP contribution in [-0.2, 0) is 14.3 Å². The topological polar surface area (TPSA) is 55.4 Å². The number of para-hydroxylation sites is 1.